The van der Waals surface area contributed by atoms with Crippen LogP contribution in [0.2, 0.25) is 0 Å². The van der Waals surface area contributed by atoms with Crippen LogP contribution >= 0.6 is 0 Å². The van der Waals surface area contributed by atoms with Gasteiger partial charge in [-0.25, -0.2) is 0 Å². The summed E-state index contributed by atoms with van der Waals surface area (Å²) in [5, 5.41) is 8.87. The van der Waals surface area contributed by atoms with E-state index in [1.165, 1.54) is 0 Å². The maximum absolute atomic E-state index is 8.87. The first-order chi connectivity index (χ1) is 8.22. The van der Waals surface area contributed by atoms with E-state index in [0.29, 0.717) is 22.7 Å². The van der Waals surface area contributed by atoms with E-state index in [2.05, 4.69) is 4.98 Å². The van der Waals surface area contributed by atoms with Crippen LogP contribution in [0.5, 0.6) is 11.5 Å². The Balaban J connectivity index is 2.38. The minimum Gasteiger partial charge on any atom is -0.453 e. The molecule has 1 aromatic carbocycles. The lowest BCUT2D eigenvalue weighted by atomic mass is 10.2. The second-order valence-corrected chi connectivity index (χ2v) is 3.52. The highest BCUT2D eigenvalue weighted by atomic mass is 16.5. The molecule has 0 amide bonds. The van der Waals surface area contributed by atoms with Crippen molar-refractivity contribution in [2.24, 2.45) is 0 Å². The molecule has 0 saturated carbocycles. The van der Waals surface area contributed by atoms with Gasteiger partial charge < -0.3 is 10.5 Å². The Kier molecular flexibility index (Phi) is 2.93. The maximum Gasteiger partial charge on any atom is 0.151 e. The number of para-hydroxylation sites is 1. The van der Waals surface area contributed by atoms with Crippen LogP contribution < -0.4 is 10.5 Å². The van der Waals surface area contributed by atoms with Gasteiger partial charge in [0, 0.05) is 6.20 Å². The van der Waals surface area contributed by atoms with E-state index >= 15 is 0 Å². The van der Waals surface area contributed by atoms with Crippen LogP contribution in [0, 0.1) is 18.3 Å². The number of ether oxygens (including phenoxy) is 1. The molecule has 0 saturated heterocycles. The van der Waals surface area contributed by atoms with Gasteiger partial charge in [0.15, 0.2) is 5.75 Å². The van der Waals surface area contributed by atoms with Crippen molar-refractivity contribution in [1.29, 1.82) is 5.26 Å². The van der Waals surface area contributed by atoms with Crippen molar-refractivity contribution >= 4 is 5.69 Å². The molecule has 0 aliphatic heterocycles. The Morgan fingerprint density at radius 1 is 1.24 bits per heavy atom. The summed E-state index contributed by atoms with van der Waals surface area (Å²) in [6, 6.07) is 10.7. The van der Waals surface area contributed by atoms with Gasteiger partial charge in [-0.3, -0.25) is 4.98 Å². The molecule has 4 heteroatoms. The predicted molar refractivity (Wildman–Crippen MR) is 64.6 cm³/mol. The highest BCUT2D eigenvalue weighted by Crippen LogP contribution is 2.30. The number of hydrogen-bond donors (Lipinski definition) is 1. The number of aromatic nitrogens is 1. The standard InChI is InChI=1S/C13H11N3O/c1-9-11(6-3-7-16-9)17-12-5-2-4-10(8-14)13(12)15/h2-7H,15H2,1H3. The number of nitrogen functional groups attached to an aromatic ring is 1. The van der Waals surface area contributed by atoms with Gasteiger partial charge in [-0.1, -0.05) is 6.07 Å². The van der Waals surface area contributed by atoms with Gasteiger partial charge in [0.2, 0.25) is 0 Å². The van der Waals surface area contributed by atoms with E-state index in [1.807, 2.05) is 13.0 Å². The molecule has 0 bridgehead atoms. The fraction of sp³-hybridized carbons (Fsp3) is 0.0769. The van der Waals surface area contributed by atoms with Gasteiger partial charge >= 0.3 is 0 Å². The molecule has 0 unspecified atom stereocenters. The minimum atomic E-state index is 0.346. The lowest BCUT2D eigenvalue weighted by molar-refractivity contribution is 0.478. The van der Waals surface area contributed by atoms with Crippen molar-refractivity contribution in [2.45, 2.75) is 6.92 Å². The molecule has 0 aliphatic rings. The van der Waals surface area contributed by atoms with Crippen LogP contribution in [0.25, 0.3) is 0 Å². The number of rotatable bonds is 2. The molecule has 0 aliphatic carbocycles. The normalized spacial score (nSPS) is 9.65. The summed E-state index contributed by atoms with van der Waals surface area (Å²) in [4.78, 5) is 4.12. The Morgan fingerprint density at radius 2 is 2.00 bits per heavy atom. The van der Waals surface area contributed by atoms with Gasteiger partial charge in [-0.05, 0) is 31.2 Å². The number of nitriles is 1. The quantitative estimate of drug-likeness (QED) is 0.797. The van der Waals surface area contributed by atoms with Crippen molar-refractivity contribution in [3.8, 4) is 17.6 Å². The average molecular weight is 225 g/mol. The minimum absolute atomic E-state index is 0.346. The SMILES string of the molecule is Cc1ncccc1Oc1cccc(C#N)c1N. The molecule has 1 heterocycles. The van der Waals surface area contributed by atoms with Crippen molar-refractivity contribution < 1.29 is 4.74 Å². The summed E-state index contributed by atoms with van der Waals surface area (Å²) in [5.41, 5.74) is 7.35. The predicted octanol–water partition coefficient (Wildman–Crippen LogP) is 2.64. The second kappa shape index (κ2) is 4.54. The number of benzene rings is 1. The Labute approximate surface area is 99.3 Å². The van der Waals surface area contributed by atoms with Gasteiger partial charge in [0.05, 0.1) is 16.9 Å². The second-order valence-electron chi connectivity index (χ2n) is 3.52. The van der Waals surface area contributed by atoms with E-state index in [4.69, 9.17) is 15.7 Å². The summed E-state index contributed by atoms with van der Waals surface area (Å²) in [7, 11) is 0. The zero-order chi connectivity index (χ0) is 12.3. The number of hydrogen-bond acceptors (Lipinski definition) is 4. The lowest BCUT2D eigenvalue weighted by Crippen LogP contribution is -1.96. The summed E-state index contributed by atoms with van der Waals surface area (Å²) in [5.74, 6) is 1.11. The third kappa shape index (κ3) is 2.18. The van der Waals surface area contributed by atoms with Gasteiger partial charge in [-0.15, -0.1) is 0 Å². The molecular weight excluding hydrogens is 214 g/mol. The maximum atomic E-state index is 8.87. The fourth-order valence-electron chi connectivity index (χ4n) is 1.43. The van der Waals surface area contributed by atoms with Crippen molar-refractivity contribution in [3.63, 3.8) is 0 Å². The number of nitrogens with zero attached hydrogens (tertiary/aromatic N) is 2. The molecule has 4 nitrogen and oxygen atoms in total. The van der Waals surface area contributed by atoms with Crippen LogP contribution in [0.1, 0.15) is 11.3 Å². The molecule has 17 heavy (non-hydrogen) atoms. The number of pyridine rings is 1. The van der Waals surface area contributed by atoms with Crippen LogP contribution in [0.4, 0.5) is 5.69 Å². The first-order valence-corrected chi connectivity index (χ1v) is 5.10. The van der Waals surface area contributed by atoms with Crippen molar-refractivity contribution in [1.82, 2.24) is 4.98 Å². The van der Waals surface area contributed by atoms with Crippen LogP contribution in [-0.4, -0.2) is 4.98 Å². The average Bonchev–Trinajstić information content (AvgIpc) is 2.34. The molecule has 84 valence electrons. The van der Waals surface area contributed by atoms with Crippen LogP contribution in [0.15, 0.2) is 36.5 Å². The van der Waals surface area contributed by atoms with E-state index in [0.717, 1.165) is 5.69 Å². The van der Waals surface area contributed by atoms with Gasteiger partial charge in [0.25, 0.3) is 0 Å². The molecule has 0 fully saturated rings. The molecule has 0 radical (unpaired) electrons. The molecule has 0 atom stereocenters. The van der Waals surface area contributed by atoms with Gasteiger partial charge in [0.1, 0.15) is 11.8 Å². The number of aryl methyl sites for hydroxylation is 1. The summed E-state index contributed by atoms with van der Waals surface area (Å²) in [6.07, 6.45) is 1.69. The Bertz CT molecular complexity index is 587. The zero-order valence-electron chi connectivity index (χ0n) is 9.34. The third-order valence-electron chi connectivity index (χ3n) is 2.36. The molecule has 2 rings (SSSR count). The van der Waals surface area contributed by atoms with Crippen molar-refractivity contribution in [3.05, 3.63) is 47.8 Å². The Morgan fingerprint density at radius 3 is 2.71 bits per heavy atom. The fourth-order valence-corrected chi connectivity index (χ4v) is 1.43. The highest BCUT2D eigenvalue weighted by molar-refractivity contribution is 5.63. The first kappa shape index (κ1) is 11.0. The summed E-state index contributed by atoms with van der Waals surface area (Å²) in [6.45, 7) is 1.85. The molecule has 2 N–H and O–H groups in total. The smallest absolute Gasteiger partial charge is 0.151 e. The van der Waals surface area contributed by atoms with Crippen LogP contribution in [0.3, 0.4) is 0 Å². The van der Waals surface area contributed by atoms with E-state index in [-0.39, 0.29) is 0 Å². The largest absolute Gasteiger partial charge is 0.453 e. The topological polar surface area (TPSA) is 71.9 Å². The summed E-state index contributed by atoms with van der Waals surface area (Å²) < 4.78 is 5.64. The van der Waals surface area contributed by atoms with Crippen LogP contribution in [-0.2, 0) is 0 Å². The van der Waals surface area contributed by atoms with E-state index in [1.54, 1.807) is 36.5 Å². The first-order valence-electron chi connectivity index (χ1n) is 5.10. The van der Waals surface area contributed by atoms with Crippen molar-refractivity contribution in [2.75, 3.05) is 5.73 Å². The monoisotopic (exact) mass is 225 g/mol. The highest BCUT2D eigenvalue weighted by Gasteiger charge is 2.08. The number of nitrogens with two attached hydrogens (primary N) is 1. The lowest BCUT2D eigenvalue weighted by Gasteiger charge is -2.10. The number of anilines is 1. The van der Waals surface area contributed by atoms with E-state index in [9.17, 15) is 0 Å². The molecule has 1 aromatic heterocycles. The Hall–Kier alpha value is -2.54. The molecule has 0 spiro atoms. The van der Waals surface area contributed by atoms with E-state index < -0.39 is 0 Å². The summed E-state index contributed by atoms with van der Waals surface area (Å²) >= 11 is 0. The molecule has 2 aromatic rings. The third-order valence-corrected chi connectivity index (χ3v) is 2.36. The zero-order valence-corrected chi connectivity index (χ0v) is 9.34. The van der Waals surface area contributed by atoms with Gasteiger partial charge in [-0.2, -0.15) is 5.26 Å². The molecular formula is C13H11N3O.